The number of carbonyl (C=O) groups is 3. The molecular formula is C24H25N3O5. The van der Waals surface area contributed by atoms with Gasteiger partial charge >= 0.3 is 12.1 Å². The van der Waals surface area contributed by atoms with Crippen molar-refractivity contribution in [2.75, 3.05) is 6.54 Å². The average molecular weight is 435 g/mol. The molecule has 3 N–H and O–H groups in total. The summed E-state index contributed by atoms with van der Waals surface area (Å²) >= 11 is 0. The lowest BCUT2D eigenvalue weighted by molar-refractivity contribution is -0.142. The highest BCUT2D eigenvalue weighted by molar-refractivity contribution is 5.90. The lowest BCUT2D eigenvalue weighted by atomic mass is 10.0. The zero-order valence-corrected chi connectivity index (χ0v) is 17.5. The fraction of sp³-hybridized carbons (Fsp3) is 0.292. The Balaban J connectivity index is 1.40. The summed E-state index contributed by atoms with van der Waals surface area (Å²) in [4.78, 5) is 41.8. The SMILES string of the molecule is O=C(O)[C@H](Cc1c[nH]c2ccccc12)NC(=O)[C@H]1CCCN1C(=O)OCc1ccccc1. The molecule has 0 bridgehead atoms. The van der Waals surface area contributed by atoms with Crippen molar-refractivity contribution in [1.29, 1.82) is 0 Å². The number of aromatic nitrogens is 1. The first kappa shape index (κ1) is 21.4. The Morgan fingerprint density at radius 2 is 1.88 bits per heavy atom. The van der Waals surface area contributed by atoms with E-state index in [1.807, 2.05) is 54.6 Å². The molecule has 3 aromatic rings. The highest BCUT2D eigenvalue weighted by Crippen LogP contribution is 2.21. The van der Waals surface area contributed by atoms with E-state index in [1.165, 1.54) is 4.90 Å². The van der Waals surface area contributed by atoms with Crippen LogP contribution in [0, 0.1) is 0 Å². The van der Waals surface area contributed by atoms with Crippen molar-refractivity contribution in [3.05, 3.63) is 71.9 Å². The van der Waals surface area contributed by atoms with Gasteiger partial charge in [0, 0.05) is 30.1 Å². The maximum atomic E-state index is 12.9. The number of H-pyrrole nitrogens is 1. The molecule has 2 amide bonds. The first-order valence-electron chi connectivity index (χ1n) is 10.6. The van der Waals surface area contributed by atoms with Gasteiger partial charge in [-0.2, -0.15) is 0 Å². The van der Waals surface area contributed by atoms with Gasteiger partial charge in [0.1, 0.15) is 18.7 Å². The van der Waals surface area contributed by atoms with E-state index in [9.17, 15) is 19.5 Å². The minimum Gasteiger partial charge on any atom is -0.480 e. The molecule has 1 aliphatic rings. The van der Waals surface area contributed by atoms with Crippen LogP contribution in [0.25, 0.3) is 10.9 Å². The molecule has 0 saturated carbocycles. The maximum Gasteiger partial charge on any atom is 0.410 e. The number of benzene rings is 2. The van der Waals surface area contributed by atoms with Gasteiger partial charge in [-0.05, 0) is 30.0 Å². The van der Waals surface area contributed by atoms with Gasteiger partial charge in [0.2, 0.25) is 5.91 Å². The second kappa shape index (κ2) is 9.55. The normalized spacial score (nSPS) is 16.6. The molecule has 0 unspecified atom stereocenters. The van der Waals surface area contributed by atoms with E-state index in [0.29, 0.717) is 19.4 Å². The number of hydrogen-bond acceptors (Lipinski definition) is 4. The number of aromatic amines is 1. The quantitative estimate of drug-likeness (QED) is 0.528. The Kier molecular flexibility index (Phi) is 6.39. The third-order valence-electron chi connectivity index (χ3n) is 5.71. The van der Waals surface area contributed by atoms with Gasteiger partial charge in [-0.15, -0.1) is 0 Å². The summed E-state index contributed by atoms with van der Waals surface area (Å²) in [5, 5.41) is 13.2. The van der Waals surface area contributed by atoms with E-state index in [2.05, 4.69) is 10.3 Å². The number of carboxylic acid groups (broad SMARTS) is 1. The molecule has 2 atom stereocenters. The number of aliphatic carboxylic acids is 1. The summed E-state index contributed by atoms with van der Waals surface area (Å²) in [6, 6.07) is 15.0. The van der Waals surface area contributed by atoms with Crippen LogP contribution in [0.2, 0.25) is 0 Å². The summed E-state index contributed by atoms with van der Waals surface area (Å²) in [6.07, 6.45) is 2.44. The monoisotopic (exact) mass is 435 g/mol. The molecule has 1 saturated heterocycles. The standard InChI is InChI=1S/C24H25N3O5/c28-22(21-11-6-12-27(21)24(31)32-15-16-7-2-1-3-8-16)26-20(23(29)30)13-17-14-25-19-10-5-4-9-18(17)19/h1-5,7-10,14,20-21,25H,6,11-13,15H2,(H,26,28)(H,29,30)/t20-,21+/m0/s1. The highest BCUT2D eigenvalue weighted by Gasteiger charge is 2.37. The van der Waals surface area contributed by atoms with Crippen LogP contribution in [0.1, 0.15) is 24.0 Å². The lowest BCUT2D eigenvalue weighted by Crippen LogP contribution is -2.51. The second-order valence-electron chi connectivity index (χ2n) is 7.85. The van der Waals surface area contributed by atoms with Crippen LogP contribution >= 0.6 is 0 Å². The van der Waals surface area contributed by atoms with Crippen molar-refractivity contribution in [3.8, 4) is 0 Å². The number of amides is 2. The summed E-state index contributed by atoms with van der Waals surface area (Å²) in [5.74, 6) is -1.61. The van der Waals surface area contributed by atoms with Crippen LogP contribution in [0.4, 0.5) is 4.79 Å². The van der Waals surface area contributed by atoms with E-state index in [1.54, 1.807) is 6.20 Å². The summed E-state index contributed by atoms with van der Waals surface area (Å²) in [7, 11) is 0. The van der Waals surface area contributed by atoms with Crippen LogP contribution in [0.3, 0.4) is 0 Å². The van der Waals surface area contributed by atoms with Gasteiger partial charge in [-0.25, -0.2) is 9.59 Å². The number of carboxylic acids is 1. The summed E-state index contributed by atoms with van der Waals surface area (Å²) in [5.41, 5.74) is 2.56. The van der Waals surface area contributed by atoms with Crippen LogP contribution < -0.4 is 5.32 Å². The second-order valence-corrected chi connectivity index (χ2v) is 7.85. The molecule has 1 aliphatic heterocycles. The molecule has 0 aliphatic carbocycles. The Morgan fingerprint density at radius 3 is 2.66 bits per heavy atom. The average Bonchev–Trinajstić information content (AvgIpc) is 3.45. The Morgan fingerprint density at radius 1 is 1.12 bits per heavy atom. The number of nitrogens with one attached hydrogen (secondary N) is 2. The van der Waals surface area contributed by atoms with Crippen molar-refractivity contribution in [2.45, 2.75) is 38.0 Å². The minimum absolute atomic E-state index is 0.114. The number of fused-ring (bicyclic) bond motifs is 1. The predicted octanol–water partition coefficient (Wildman–Crippen LogP) is 3.08. The fourth-order valence-corrected chi connectivity index (χ4v) is 4.05. The number of carbonyl (C=O) groups excluding carboxylic acids is 2. The first-order valence-corrected chi connectivity index (χ1v) is 10.6. The van der Waals surface area contributed by atoms with E-state index < -0.39 is 30.1 Å². The molecule has 8 nitrogen and oxygen atoms in total. The zero-order valence-electron chi connectivity index (χ0n) is 17.5. The largest absolute Gasteiger partial charge is 0.480 e. The maximum absolute atomic E-state index is 12.9. The van der Waals surface area contributed by atoms with Crippen molar-refractivity contribution in [1.82, 2.24) is 15.2 Å². The third kappa shape index (κ3) is 4.74. The van der Waals surface area contributed by atoms with Crippen LogP contribution in [0.15, 0.2) is 60.8 Å². The number of nitrogens with zero attached hydrogens (tertiary/aromatic N) is 1. The van der Waals surface area contributed by atoms with Crippen LogP contribution in [0.5, 0.6) is 0 Å². The number of para-hydroxylation sites is 1. The van der Waals surface area contributed by atoms with Crippen LogP contribution in [-0.4, -0.2) is 51.6 Å². The molecule has 2 aromatic carbocycles. The van der Waals surface area contributed by atoms with Crippen molar-refractivity contribution in [2.24, 2.45) is 0 Å². The molecule has 32 heavy (non-hydrogen) atoms. The molecule has 1 aromatic heterocycles. The topological polar surface area (TPSA) is 112 Å². The fourth-order valence-electron chi connectivity index (χ4n) is 4.05. The van der Waals surface area contributed by atoms with E-state index >= 15 is 0 Å². The summed E-state index contributed by atoms with van der Waals surface area (Å²) in [6.45, 7) is 0.509. The van der Waals surface area contributed by atoms with Crippen molar-refractivity contribution < 1.29 is 24.2 Å². The molecule has 1 fully saturated rings. The molecule has 0 radical (unpaired) electrons. The Labute approximate surface area is 185 Å². The molecule has 166 valence electrons. The number of rotatable bonds is 7. The third-order valence-corrected chi connectivity index (χ3v) is 5.71. The number of likely N-dealkylation sites (tertiary alicyclic amines) is 1. The number of hydrogen-bond donors (Lipinski definition) is 3. The number of ether oxygens (including phenoxy) is 1. The summed E-state index contributed by atoms with van der Waals surface area (Å²) < 4.78 is 5.36. The molecule has 2 heterocycles. The lowest BCUT2D eigenvalue weighted by Gasteiger charge is -2.25. The Bertz CT molecular complexity index is 1110. The van der Waals surface area contributed by atoms with Gasteiger partial charge in [0.05, 0.1) is 0 Å². The predicted molar refractivity (Wildman–Crippen MR) is 118 cm³/mol. The van der Waals surface area contributed by atoms with Gasteiger partial charge in [0.25, 0.3) is 0 Å². The van der Waals surface area contributed by atoms with Crippen molar-refractivity contribution >= 4 is 28.9 Å². The molecule has 8 heteroatoms. The van der Waals surface area contributed by atoms with E-state index in [-0.39, 0.29) is 13.0 Å². The minimum atomic E-state index is -1.13. The van der Waals surface area contributed by atoms with Crippen molar-refractivity contribution in [3.63, 3.8) is 0 Å². The molecular weight excluding hydrogens is 410 g/mol. The smallest absolute Gasteiger partial charge is 0.410 e. The van der Waals surface area contributed by atoms with Gasteiger partial charge in [-0.1, -0.05) is 48.5 Å². The molecule has 0 spiro atoms. The van der Waals surface area contributed by atoms with Gasteiger partial charge in [0.15, 0.2) is 0 Å². The molecule has 4 rings (SSSR count). The van der Waals surface area contributed by atoms with E-state index in [4.69, 9.17) is 4.74 Å². The Hall–Kier alpha value is -3.81. The van der Waals surface area contributed by atoms with Gasteiger partial charge in [-0.3, -0.25) is 9.69 Å². The highest BCUT2D eigenvalue weighted by atomic mass is 16.6. The zero-order chi connectivity index (χ0) is 22.5. The first-order chi connectivity index (χ1) is 15.5. The van der Waals surface area contributed by atoms with Gasteiger partial charge < -0.3 is 20.1 Å². The van der Waals surface area contributed by atoms with E-state index in [0.717, 1.165) is 22.0 Å². The van der Waals surface area contributed by atoms with Crippen LogP contribution in [-0.2, 0) is 27.4 Å².